The van der Waals surface area contributed by atoms with E-state index in [-0.39, 0.29) is 11.8 Å². The average Bonchev–Trinajstić information content (AvgIpc) is 2.37. The molecule has 0 aliphatic carbocycles. The highest BCUT2D eigenvalue weighted by molar-refractivity contribution is 5.33. The van der Waals surface area contributed by atoms with Gasteiger partial charge in [-0.2, -0.15) is 0 Å². The van der Waals surface area contributed by atoms with Crippen LogP contribution in [0.3, 0.4) is 0 Å². The molecule has 0 saturated carbocycles. The zero-order valence-electron chi connectivity index (χ0n) is 10.4. The summed E-state index contributed by atoms with van der Waals surface area (Å²) in [5.41, 5.74) is 0.506. The Morgan fingerprint density at radius 1 is 1.21 bits per heavy atom. The highest BCUT2D eigenvalue weighted by atomic mass is 19.4. The summed E-state index contributed by atoms with van der Waals surface area (Å²) in [6.45, 7) is 1.74. The van der Waals surface area contributed by atoms with Crippen molar-refractivity contribution in [2.75, 3.05) is 13.2 Å². The molecule has 1 fully saturated rings. The third-order valence-electron chi connectivity index (χ3n) is 3.00. The fourth-order valence-electron chi connectivity index (χ4n) is 2.03. The van der Waals surface area contributed by atoms with Crippen LogP contribution in [-0.2, 0) is 11.3 Å². The summed E-state index contributed by atoms with van der Waals surface area (Å²) >= 11 is 0. The van der Waals surface area contributed by atoms with E-state index >= 15 is 0 Å². The van der Waals surface area contributed by atoms with Gasteiger partial charge in [-0.15, -0.1) is 13.2 Å². The van der Waals surface area contributed by atoms with Gasteiger partial charge in [0, 0.05) is 31.4 Å². The van der Waals surface area contributed by atoms with Gasteiger partial charge in [0.2, 0.25) is 0 Å². The molecule has 0 spiro atoms. The summed E-state index contributed by atoms with van der Waals surface area (Å²) < 4.78 is 46.0. The molecule has 3 nitrogen and oxygen atoms in total. The van der Waals surface area contributed by atoms with Crippen LogP contribution in [0.1, 0.15) is 18.4 Å². The Kier molecular flexibility index (Phi) is 4.66. The van der Waals surface area contributed by atoms with Crippen molar-refractivity contribution in [1.29, 1.82) is 0 Å². The van der Waals surface area contributed by atoms with Crippen LogP contribution in [0.2, 0.25) is 0 Å². The molecule has 0 radical (unpaired) electrons. The van der Waals surface area contributed by atoms with Crippen molar-refractivity contribution in [2.45, 2.75) is 31.8 Å². The fraction of sp³-hybridized carbons (Fsp3) is 0.538. The maximum absolute atomic E-state index is 12.3. The van der Waals surface area contributed by atoms with Crippen LogP contribution in [0.4, 0.5) is 13.2 Å². The molecule has 0 bridgehead atoms. The van der Waals surface area contributed by atoms with Crippen LogP contribution >= 0.6 is 0 Å². The Bertz CT molecular complexity index is 403. The SMILES string of the molecule is FC(F)(F)Oc1ccccc1CNC1CCOCC1. The predicted molar refractivity (Wildman–Crippen MR) is 63.8 cm³/mol. The Morgan fingerprint density at radius 2 is 1.89 bits per heavy atom. The number of rotatable bonds is 4. The second kappa shape index (κ2) is 6.25. The summed E-state index contributed by atoms with van der Waals surface area (Å²) in [5, 5.41) is 3.24. The number of nitrogens with one attached hydrogen (secondary N) is 1. The molecule has 1 aromatic carbocycles. The smallest absolute Gasteiger partial charge is 0.405 e. The van der Waals surface area contributed by atoms with E-state index in [1.807, 2.05) is 0 Å². The van der Waals surface area contributed by atoms with E-state index in [2.05, 4.69) is 10.1 Å². The molecule has 0 atom stereocenters. The summed E-state index contributed by atoms with van der Waals surface area (Å²) in [5.74, 6) is -0.144. The van der Waals surface area contributed by atoms with Crippen molar-refractivity contribution in [3.05, 3.63) is 29.8 Å². The number of para-hydroxylation sites is 1. The van der Waals surface area contributed by atoms with E-state index in [0.29, 0.717) is 25.3 Å². The number of halogens is 3. The first kappa shape index (κ1) is 14.1. The minimum atomic E-state index is -4.66. The van der Waals surface area contributed by atoms with Crippen LogP contribution < -0.4 is 10.1 Å². The van der Waals surface area contributed by atoms with Crippen LogP contribution in [0.15, 0.2) is 24.3 Å². The Labute approximate surface area is 109 Å². The maximum atomic E-state index is 12.3. The number of hydrogen-bond donors (Lipinski definition) is 1. The van der Waals surface area contributed by atoms with E-state index in [0.717, 1.165) is 12.8 Å². The van der Waals surface area contributed by atoms with Gasteiger partial charge < -0.3 is 14.8 Å². The summed E-state index contributed by atoms with van der Waals surface area (Å²) in [4.78, 5) is 0. The molecule has 19 heavy (non-hydrogen) atoms. The molecule has 0 unspecified atom stereocenters. The predicted octanol–water partition coefficient (Wildman–Crippen LogP) is 2.85. The number of ether oxygens (including phenoxy) is 2. The average molecular weight is 275 g/mol. The van der Waals surface area contributed by atoms with Gasteiger partial charge in [-0.3, -0.25) is 0 Å². The fourth-order valence-corrected chi connectivity index (χ4v) is 2.03. The first-order valence-corrected chi connectivity index (χ1v) is 6.19. The first-order valence-electron chi connectivity index (χ1n) is 6.19. The van der Waals surface area contributed by atoms with Gasteiger partial charge in [-0.05, 0) is 18.9 Å². The van der Waals surface area contributed by atoms with Crippen molar-refractivity contribution >= 4 is 0 Å². The lowest BCUT2D eigenvalue weighted by Crippen LogP contribution is -2.34. The number of hydrogen-bond acceptors (Lipinski definition) is 3. The maximum Gasteiger partial charge on any atom is 0.573 e. The molecule has 1 aliphatic rings. The molecule has 1 heterocycles. The molecule has 6 heteroatoms. The first-order chi connectivity index (χ1) is 9.04. The van der Waals surface area contributed by atoms with E-state index in [1.54, 1.807) is 12.1 Å². The zero-order valence-corrected chi connectivity index (χ0v) is 10.4. The minimum Gasteiger partial charge on any atom is -0.405 e. The Hall–Kier alpha value is -1.27. The minimum absolute atomic E-state index is 0.144. The van der Waals surface area contributed by atoms with Crippen LogP contribution in [0.5, 0.6) is 5.75 Å². The molecule has 1 aromatic rings. The molecule has 1 saturated heterocycles. The van der Waals surface area contributed by atoms with Gasteiger partial charge in [0.15, 0.2) is 0 Å². The van der Waals surface area contributed by atoms with Crippen molar-refractivity contribution in [3.63, 3.8) is 0 Å². The monoisotopic (exact) mass is 275 g/mol. The van der Waals surface area contributed by atoms with Crippen molar-refractivity contribution in [1.82, 2.24) is 5.32 Å². The molecule has 0 aromatic heterocycles. The summed E-state index contributed by atoms with van der Waals surface area (Å²) in [6, 6.07) is 6.47. The third kappa shape index (κ3) is 4.72. The molecular formula is C13H16F3NO2. The van der Waals surface area contributed by atoms with Gasteiger partial charge in [-0.1, -0.05) is 18.2 Å². The normalized spacial score (nSPS) is 17.4. The van der Waals surface area contributed by atoms with E-state index in [4.69, 9.17) is 4.74 Å². The van der Waals surface area contributed by atoms with Crippen LogP contribution in [0.25, 0.3) is 0 Å². The lowest BCUT2D eigenvalue weighted by atomic mass is 10.1. The topological polar surface area (TPSA) is 30.5 Å². The largest absolute Gasteiger partial charge is 0.573 e. The molecule has 106 valence electrons. The Balaban J connectivity index is 1.95. The van der Waals surface area contributed by atoms with E-state index in [9.17, 15) is 13.2 Å². The molecule has 2 rings (SSSR count). The van der Waals surface area contributed by atoms with Gasteiger partial charge >= 0.3 is 6.36 Å². The lowest BCUT2D eigenvalue weighted by Gasteiger charge is -2.23. The summed E-state index contributed by atoms with van der Waals surface area (Å²) in [6.07, 6.45) is -2.90. The molecule has 0 amide bonds. The lowest BCUT2D eigenvalue weighted by molar-refractivity contribution is -0.274. The highest BCUT2D eigenvalue weighted by Gasteiger charge is 2.32. The van der Waals surface area contributed by atoms with Gasteiger partial charge in [-0.25, -0.2) is 0 Å². The van der Waals surface area contributed by atoms with Crippen LogP contribution in [0, 0.1) is 0 Å². The second-order valence-electron chi connectivity index (χ2n) is 4.42. The Morgan fingerprint density at radius 3 is 2.58 bits per heavy atom. The summed E-state index contributed by atoms with van der Waals surface area (Å²) in [7, 11) is 0. The number of alkyl halides is 3. The van der Waals surface area contributed by atoms with E-state index in [1.165, 1.54) is 12.1 Å². The quantitative estimate of drug-likeness (QED) is 0.916. The van der Waals surface area contributed by atoms with Gasteiger partial charge in [0.25, 0.3) is 0 Å². The third-order valence-corrected chi connectivity index (χ3v) is 3.00. The van der Waals surface area contributed by atoms with Crippen LogP contribution in [-0.4, -0.2) is 25.6 Å². The van der Waals surface area contributed by atoms with Crippen molar-refractivity contribution in [3.8, 4) is 5.75 Å². The molecular weight excluding hydrogens is 259 g/mol. The van der Waals surface area contributed by atoms with Crippen molar-refractivity contribution in [2.24, 2.45) is 0 Å². The van der Waals surface area contributed by atoms with Gasteiger partial charge in [0.1, 0.15) is 5.75 Å². The zero-order chi connectivity index (χ0) is 13.7. The highest BCUT2D eigenvalue weighted by Crippen LogP contribution is 2.26. The number of benzene rings is 1. The molecule has 1 N–H and O–H groups in total. The van der Waals surface area contributed by atoms with Crippen molar-refractivity contribution < 1.29 is 22.6 Å². The second-order valence-corrected chi connectivity index (χ2v) is 4.42. The standard InChI is InChI=1S/C13H16F3NO2/c14-13(15,16)19-12-4-2-1-3-10(12)9-17-11-5-7-18-8-6-11/h1-4,11,17H,5-9H2. The molecule has 1 aliphatic heterocycles. The van der Waals surface area contributed by atoms with Gasteiger partial charge in [0.05, 0.1) is 0 Å². The van der Waals surface area contributed by atoms with E-state index < -0.39 is 6.36 Å².